The van der Waals surface area contributed by atoms with E-state index in [-0.39, 0.29) is 35.6 Å². The van der Waals surface area contributed by atoms with Crippen molar-refractivity contribution in [3.63, 3.8) is 0 Å². The summed E-state index contributed by atoms with van der Waals surface area (Å²) < 4.78 is 0. The highest BCUT2D eigenvalue weighted by molar-refractivity contribution is 6.03. The molecular weight excluding hydrogens is 402 g/mol. The van der Waals surface area contributed by atoms with Gasteiger partial charge in [0.15, 0.2) is 0 Å². The topological polar surface area (TPSA) is 69.7 Å². The predicted octanol–water partition coefficient (Wildman–Crippen LogP) is 4.11. The van der Waals surface area contributed by atoms with Crippen LogP contribution in [0.15, 0.2) is 48.5 Å². The molecule has 6 nitrogen and oxygen atoms in total. The SMILES string of the molecule is CC1Cc2ccccc2N1C(=O)C1CCCCC1C(=O)Nc1cccc(C(=O)N(C)C)c1. The van der Waals surface area contributed by atoms with Crippen LogP contribution in [-0.4, -0.2) is 42.8 Å². The van der Waals surface area contributed by atoms with Crippen molar-refractivity contribution in [2.24, 2.45) is 11.8 Å². The van der Waals surface area contributed by atoms with Crippen LogP contribution in [-0.2, 0) is 16.0 Å². The van der Waals surface area contributed by atoms with Gasteiger partial charge < -0.3 is 15.1 Å². The molecule has 1 saturated carbocycles. The molecule has 32 heavy (non-hydrogen) atoms. The summed E-state index contributed by atoms with van der Waals surface area (Å²) >= 11 is 0. The van der Waals surface area contributed by atoms with Crippen molar-refractivity contribution in [2.75, 3.05) is 24.3 Å². The van der Waals surface area contributed by atoms with Crippen molar-refractivity contribution in [1.29, 1.82) is 0 Å². The van der Waals surface area contributed by atoms with Crippen LogP contribution in [0.25, 0.3) is 0 Å². The largest absolute Gasteiger partial charge is 0.345 e. The number of benzene rings is 2. The van der Waals surface area contributed by atoms with Crippen molar-refractivity contribution in [3.8, 4) is 0 Å². The van der Waals surface area contributed by atoms with E-state index < -0.39 is 0 Å². The number of nitrogens with one attached hydrogen (secondary N) is 1. The molecule has 0 bridgehead atoms. The zero-order valence-electron chi connectivity index (χ0n) is 19.0. The first-order valence-corrected chi connectivity index (χ1v) is 11.4. The molecule has 2 aliphatic rings. The lowest BCUT2D eigenvalue weighted by Crippen LogP contribution is -2.46. The zero-order chi connectivity index (χ0) is 22.8. The maximum absolute atomic E-state index is 13.7. The van der Waals surface area contributed by atoms with E-state index in [4.69, 9.17) is 0 Å². The van der Waals surface area contributed by atoms with Crippen LogP contribution in [0.1, 0.15) is 48.5 Å². The maximum Gasteiger partial charge on any atom is 0.253 e. The molecule has 3 amide bonds. The molecule has 4 rings (SSSR count). The lowest BCUT2D eigenvalue weighted by atomic mass is 9.77. The Morgan fingerprint density at radius 2 is 1.69 bits per heavy atom. The molecule has 0 aromatic heterocycles. The molecule has 168 valence electrons. The summed E-state index contributed by atoms with van der Waals surface area (Å²) in [6.45, 7) is 2.07. The molecule has 0 saturated heterocycles. The third-order valence-corrected chi connectivity index (χ3v) is 6.65. The fourth-order valence-electron chi connectivity index (χ4n) is 5.04. The van der Waals surface area contributed by atoms with Gasteiger partial charge >= 0.3 is 0 Å². The molecule has 0 radical (unpaired) electrons. The molecule has 6 heteroatoms. The van der Waals surface area contributed by atoms with Gasteiger partial charge in [-0.1, -0.05) is 37.1 Å². The summed E-state index contributed by atoms with van der Waals surface area (Å²) in [5, 5.41) is 2.97. The number of fused-ring (bicyclic) bond motifs is 1. The average molecular weight is 434 g/mol. The average Bonchev–Trinajstić information content (AvgIpc) is 3.13. The highest BCUT2D eigenvalue weighted by Gasteiger charge is 2.41. The Kier molecular flexibility index (Phi) is 6.31. The first-order chi connectivity index (χ1) is 15.4. The van der Waals surface area contributed by atoms with Gasteiger partial charge in [-0.2, -0.15) is 0 Å². The molecule has 1 heterocycles. The Hall–Kier alpha value is -3.15. The number of hydrogen-bond acceptors (Lipinski definition) is 3. The fraction of sp³-hybridized carbons (Fsp3) is 0.423. The minimum Gasteiger partial charge on any atom is -0.345 e. The van der Waals surface area contributed by atoms with E-state index in [1.807, 2.05) is 23.1 Å². The normalized spacial score (nSPS) is 22.2. The lowest BCUT2D eigenvalue weighted by molar-refractivity contribution is -0.132. The molecule has 3 atom stereocenters. The summed E-state index contributed by atoms with van der Waals surface area (Å²) in [6.07, 6.45) is 4.16. The van der Waals surface area contributed by atoms with Crippen LogP contribution in [0.5, 0.6) is 0 Å². The van der Waals surface area contributed by atoms with E-state index >= 15 is 0 Å². The molecule has 1 aliphatic heterocycles. The highest BCUT2D eigenvalue weighted by atomic mass is 16.2. The number of hydrogen-bond donors (Lipinski definition) is 1. The molecular formula is C26H31N3O3. The number of nitrogens with zero attached hydrogens (tertiary/aromatic N) is 2. The summed E-state index contributed by atoms with van der Waals surface area (Å²) in [7, 11) is 3.40. The first kappa shape index (κ1) is 22.1. The van der Waals surface area contributed by atoms with E-state index in [2.05, 4.69) is 18.3 Å². The second-order valence-corrected chi connectivity index (χ2v) is 9.16. The Labute approximate surface area is 189 Å². The first-order valence-electron chi connectivity index (χ1n) is 11.4. The standard InChI is InChI=1S/C26H31N3O3/c1-17-15-18-9-4-7-14-23(18)29(17)26(32)22-13-6-5-12-21(22)24(30)27-20-11-8-10-19(16-20)25(31)28(2)3/h4,7-11,14,16-17,21-22H,5-6,12-13,15H2,1-3H3,(H,27,30). The van der Waals surface area contributed by atoms with E-state index in [0.717, 1.165) is 31.4 Å². The van der Waals surface area contributed by atoms with Crippen LogP contribution in [0, 0.1) is 11.8 Å². The number of anilines is 2. The smallest absolute Gasteiger partial charge is 0.253 e. The van der Waals surface area contributed by atoms with Crippen molar-refractivity contribution >= 4 is 29.1 Å². The van der Waals surface area contributed by atoms with Gasteiger partial charge in [0.2, 0.25) is 11.8 Å². The van der Waals surface area contributed by atoms with Crippen molar-refractivity contribution in [3.05, 3.63) is 59.7 Å². The maximum atomic E-state index is 13.7. The van der Waals surface area contributed by atoms with Crippen molar-refractivity contribution in [2.45, 2.75) is 45.1 Å². The molecule has 2 aromatic carbocycles. The summed E-state index contributed by atoms with van der Waals surface area (Å²) in [5.41, 5.74) is 3.27. The fourth-order valence-corrected chi connectivity index (χ4v) is 5.04. The summed E-state index contributed by atoms with van der Waals surface area (Å²) in [4.78, 5) is 42.6. The zero-order valence-corrected chi connectivity index (χ0v) is 19.0. The Balaban J connectivity index is 1.53. The van der Waals surface area contributed by atoms with Gasteiger partial charge in [-0.05, 0) is 56.0 Å². The van der Waals surface area contributed by atoms with Gasteiger partial charge in [-0.3, -0.25) is 14.4 Å². The monoisotopic (exact) mass is 433 g/mol. The quantitative estimate of drug-likeness (QED) is 0.789. The van der Waals surface area contributed by atoms with Crippen LogP contribution in [0.4, 0.5) is 11.4 Å². The number of para-hydroxylation sites is 1. The number of amides is 3. The number of carbonyl (C=O) groups is 3. The van der Waals surface area contributed by atoms with Gasteiger partial charge in [0, 0.05) is 43.0 Å². The predicted molar refractivity (Wildman–Crippen MR) is 126 cm³/mol. The Morgan fingerprint density at radius 1 is 0.969 bits per heavy atom. The van der Waals surface area contributed by atoms with Crippen molar-refractivity contribution in [1.82, 2.24) is 4.90 Å². The van der Waals surface area contributed by atoms with Gasteiger partial charge in [0.1, 0.15) is 0 Å². The van der Waals surface area contributed by atoms with Gasteiger partial charge in [0.25, 0.3) is 5.91 Å². The Bertz CT molecular complexity index is 1030. The minimum absolute atomic E-state index is 0.0545. The van der Waals surface area contributed by atoms with Gasteiger partial charge in [0.05, 0.1) is 5.92 Å². The van der Waals surface area contributed by atoms with E-state index in [9.17, 15) is 14.4 Å². The highest BCUT2D eigenvalue weighted by Crippen LogP contribution is 2.38. The molecule has 1 aliphatic carbocycles. The molecule has 3 unspecified atom stereocenters. The summed E-state index contributed by atoms with van der Waals surface area (Å²) in [5.74, 6) is -0.904. The molecule has 2 aromatic rings. The number of carbonyl (C=O) groups excluding carboxylic acids is 3. The summed E-state index contributed by atoms with van der Waals surface area (Å²) in [6, 6.07) is 15.1. The molecule has 1 N–H and O–H groups in total. The Morgan fingerprint density at radius 3 is 2.44 bits per heavy atom. The van der Waals surface area contributed by atoms with Crippen LogP contribution in [0.2, 0.25) is 0 Å². The van der Waals surface area contributed by atoms with Gasteiger partial charge in [-0.15, -0.1) is 0 Å². The van der Waals surface area contributed by atoms with E-state index in [0.29, 0.717) is 17.7 Å². The second-order valence-electron chi connectivity index (χ2n) is 9.16. The van der Waals surface area contributed by atoms with Gasteiger partial charge in [-0.25, -0.2) is 0 Å². The van der Waals surface area contributed by atoms with Crippen LogP contribution < -0.4 is 10.2 Å². The second kappa shape index (κ2) is 9.15. The minimum atomic E-state index is -0.371. The van der Waals surface area contributed by atoms with Crippen LogP contribution >= 0.6 is 0 Å². The van der Waals surface area contributed by atoms with Crippen molar-refractivity contribution < 1.29 is 14.4 Å². The molecule has 0 spiro atoms. The number of rotatable bonds is 4. The third-order valence-electron chi connectivity index (χ3n) is 6.65. The molecule has 1 fully saturated rings. The third kappa shape index (κ3) is 4.27. The van der Waals surface area contributed by atoms with E-state index in [1.54, 1.807) is 38.4 Å². The van der Waals surface area contributed by atoms with E-state index in [1.165, 1.54) is 10.5 Å². The lowest BCUT2D eigenvalue weighted by Gasteiger charge is -2.34. The van der Waals surface area contributed by atoms with Crippen LogP contribution in [0.3, 0.4) is 0 Å².